The summed E-state index contributed by atoms with van der Waals surface area (Å²) in [7, 11) is 0.760. The minimum atomic E-state index is -1.40. The molecule has 0 atom stereocenters. The zero-order valence-corrected chi connectivity index (χ0v) is 11.1. The van der Waals surface area contributed by atoms with Crippen LogP contribution in [0, 0.1) is 0 Å². The van der Waals surface area contributed by atoms with Gasteiger partial charge in [0.15, 0.2) is 0 Å². The van der Waals surface area contributed by atoms with E-state index in [1.807, 2.05) is 12.1 Å². The van der Waals surface area contributed by atoms with Gasteiger partial charge >= 0.3 is 7.12 Å². The molecule has 1 aliphatic heterocycles. The molecular formula is C14H19BN2O2. The van der Waals surface area contributed by atoms with Gasteiger partial charge < -0.3 is 19.9 Å². The molecule has 1 aromatic heterocycles. The number of H-pyrrole nitrogens is 1. The topological polar surface area (TPSA) is 59.5 Å². The predicted molar refractivity (Wildman–Crippen MR) is 77.6 cm³/mol. The van der Waals surface area contributed by atoms with E-state index < -0.39 is 7.12 Å². The first kappa shape index (κ1) is 12.7. The van der Waals surface area contributed by atoms with Crippen LogP contribution in [0.3, 0.4) is 0 Å². The SMILES string of the molecule is CN1CCC(c2c[nH]c3ccc(B(O)O)cc23)CC1. The average Bonchev–Trinajstić information content (AvgIpc) is 2.82. The fourth-order valence-corrected chi connectivity index (χ4v) is 2.98. The predicted octanol–water partition coefficient (Wildman–Crippen LogP) is 0.657. The normalized spacial score (nSPS) is 18.1. The summed E-state index contributed by atoms with van der Waals surface area (Å²) in [6, 6.07) is 5.56. The monoisotopic (exact) mass is 258 g/mol. The van der Waals surface area contributed by atoms with Crippen molar-refractivity contribution in [2.45, 2.75) is 18.8 Å². The molecule has 1 fully saturated rings. The lowest BCUT2D eigenvalue weighted by atomic mass is 9.79. The van der Waals surface area contributed by atoms with Crippen LogP contribution in [-0.2, 0) is 0 Å². The van der Waals surface area contributed by atoms with E-state index in [0.29, 0.717) is 11.4 Å². The van der Waals surface area contributed by atoms with Crippen LogP contribution in [0.5, 0.6) is 0 Å². The van der Waals surface area contributed by atoms with Crippen LogP contribution in [0.15, 0.2) is 24.4 Å². The highest BCUT2D eigenvalue weighted by Crippen LogP contribution is 2.32. The maximum Gasteiger partial charge on any atom is 0.488 e. The van der Waals surface area contributed by atoms with Crippen molar-refractivity contribution in [3.05, 3.63) is 30.0 Å². The molecule has 1 saturated heterocycles. The highest BCUT2D eigenvalue weighted by Gasteiger charge is 2.22. The van der Waals surface area contributed by atoms with Crippen LogP contribution in [0.4, 0.5) is 0 Å². The Morgan fingerprint density at radius 2 is 2.00 bits per heavy atom. The maximum atomic E-state index is 9.30. The van der Waals surface area contributed by atoms with E-state index in [2.05, 4.69) is 23.1 Å². The molecule has 0 saturated carbocycles. The molecule has 19 heavy (non-hydrogen) atoms. The summed E-state index contributed by atoms with van der Waals surface area (Å²) in [5.74, 6) is 0.566. The second kappa shape index (κ2) is 5.00. The van der Waals surface area contributed by atoms with E-state index in [1.54, 1.807) is 6.07 Å². The molecule has 1 aromatic carbocycles. The largest absolute Gasteiger partial charge is 0.488 e. The van der Waals surface area contributed by atoms with Crippen molar-refractivity contribution in [3.8, 4) is 0 Å². The first-order valence-corrected chi connectivity index (χ1v) is 6.81. The van der Waals surface area contributed by atoms with Crippen molar-refractivity contribution in [1.82, 2.24) is 9.88 Å². The van der Waals surface area contributed by atoms with Gasteiger partial charge in [-0.2, -0.15) is 0 Å². The number of likely N-dealkylation sites (tertiary alicyclic amines) is 1. The van der Waals surface area contributed by atoms with E-state index in [1.165, 1.54) is 5.56 Å². The lowest BCUT2D eigenvalue weighted by molar-refractivity contribution is 0.256. The Morgan fingerprint density at radius 3 is 2.68 bits per heavy atom. The summed E-state index contributed by atoms with van der Waals surface area (Å²) in [6.07, 6.45) is 4.40. The number of aromatic nitrogens is 1. The first-order chi connectivity index (χ1) is 9.15. The molecule has 2 heterocycles. The van der Waals surface area contributed by atoms with E-state index in [-0.39, 0.29) is 0 Å². The summed E-state index contributed by atoms with van der Waals surface area (Å²) in [5, 5.41) is 19.7. The van der Waals surface area contributed by atoms with Gasteiger partial charge in [-0.05, 0) is 56.0 Å². The Balaban J connectivity index is 1.97. The summed E-state index contributed by atoms with van der Waals surface area (Å²) in [4.78, 5) is 5.64. The third-order valence-electron chi connectivity index (χ3n) is 4.19. The van der Waals surface area contributed by atoms with Gasteiger partial charge in [-0.1, -0.05) is 12.1 Å². The highest BCUT2D eigenvalue weighted by molar-refractivity contribution is 6.58. The van der Waals surface area contributed by atoms with Crippen molar-refractivity contribution >= 4 is 23.5 Å². The maximum absolute atomic E-state index is 9.30. The van der Waals surface area contributed by atoms with Gasteiger partial charge in [-0.15, -0.1) is 0 Å². The quantitative estimate of drug-likeness (QED) is 0.693. The van der Waals surface area contributed by atoms with E-state index in [4.69, 9.17) is 0 Å². The molecule has 0 amide bonds. The van der Waals surface area contributed by atoms with Crippen LogP contribution in [-0.4, -0.2) is 47.2 Å². The van der Waals surface area contributed by atoms with Gasteiger partial charge in [0.1, 0.15) is 0 Å². The smallest absolute Gasteiger partial charge is 0.423 e. The molecule has 3 N–H and O–H groups in total. The minimum absolute atomic E-state index is 0.557. The van der Waals surface area contributed by atoms with Crippen LogP contribution in [0.1, 0.15) is 24.3 Å². The molecule has 100 valence electrons. The molecule has 2 aromatic rings. The highest BCUT2D eigenvalue weighted by atomic mass is 16.4. The Morgan fingerprint density at radius 1 is 1.26 bits per heavy atom. The molecule has 0 spiro atoms. The van der Waals surface area contributed by atoms with Crippen LogP contribution >= 0.6 is 0 Å². The van der Waals surface area contributed by atoms with E-state index >= 15 is 0 Å². The van der Waals surface area contributed by atoms with Gasteiger partial charge in [-0.3, -0.25) is 0 Å². The second-order valence-corrected chi connectivity index (χ2v) is 5.50. The molecule has 0 bridgehead atoms. The standard InChI is InChI=1S/C14H19BN2O2/c1-17-6-4-10(5-7-17)13-9-16-14-3-2-11(15(18)19)8-12(13)14/h2-3,8-10,16,18-19H,4-7H2,1H3. The lowest BCUT2D eigenvalue weighted by Crippen LogP contribution is -2.30. The molecule has 5 heteroatoms. The fourth-order valence-electron chi connectivity index (χ4n) is 2.98. The summed E-state index contributed by atoms with van der Waals surface area (Å²) >= 11 is 0. The van der Waals surface area contributed by atoms with Crippen LogP contribution in [0.2, 0.25) is 0 Å². The number of nitrogens with zero attached hydrogens (tertiary/aromatic N) is 1. The molecule has 0 unspecified atom stereocenters. The van der Waals surface area contributed by atoms with E-state index in [0.717, 1.165) is 36.8 Å². The fraction of sp³-hybridized carbons (Fsp3) is 0.429. The van der Waals surface area contributed by atoms with Crippen molar-refractivity contribution in [2.75, 3.05) is 20.1 Å². The molecule has 0 radical (unpaired) electrons. The van der Waals surface area contributed by atoms with Crippen molar-refractivity contribution in [1.29, 1.82) is 0 Å². The molecule has 3 rings (SSSR count). The number of hydrogen-bond acceptors (Lipinski definition) is 3. The van der Waals surface area contributed by atoms with Crippen LogP contribution in [0.25, 0.3) is 10.9 Å². The Kier molecular flexibility index (Phi) is 3.35. The van der Waals surface area contributed by atoms with Crippen molar-refractivity contribution < 1.29 is 10.0 Å². The Hall–Kier alpha value is -1.30. The number of rotatable bonds is 2. The first-order valence-electron chi connectivity index (χ1n) is 6.81. The number of hydrogen-bond donors (Lipinski definition) is 3. The summed E-state index contributed by atoms with van der Waals surface area (Å²) in [5.41, 5.74) is 2.94. The number of nitrogens with one attached hydrogen (secondary N) is 1. The zero-order valence-electron chi connectivity index (χ0n) is 11.1. The van der Waals surface area contributed by atoms with Crippen molar-refractivity contribution in [2.24, 2.45) is 0 Å². The number of aromatic amines is 1. The molecule has 1 aliphatic rings. The second-order valence-electron chi connectivity index (χ2n) is 5.50. The summed E-state index contributed by atoms with van der Waals surface area (Å²) in [6.45, 7) is 2.25. The van der Waals surface area contributed by atoms with E-state index in [9.17, 15) is 10.0 Å². The van der Waals surface area contributed by atoms with Crippen molar-refractivity contribution in [3.63, 3.8) is 0 Å². The lowest BCUT2D eigenvalue weighted by Gasteiger charge is -2.28. The minimum Gasteiger partial charge on any atom is -0.423 e. The number of benzene rings is 1. The third kappa shape index (κ3) is 2.41. The van der Waals surface area contributed by atoms with Gasteiger partial charge in [-0.25, -0.2) is 0 Å². The van der Waals surface area contributed by atoms with Crippen LogP contribution < -0.4 is 5.46 Å². The Labute approximate surface area is 113 Å². The average molecular weight is 258 g/mol. The van der Waals surface area contributed by atoms with Gasteiger partial charge in [0.2, 0.25) is 0 Å². The summed E-state index contributed by atoms with van der Waals surface area (Å²) < 4.78 is 0. The van der Waals surface area contributed by atoms with Gasteiger partial charge in [0.05, 0.1) is 0 Å². The molecular weight excluding hydrogens is 239 g/mol. The number of piperidine rings is 1. The zero-order chi connectivity index (χ0) is 13.4. The van der Waals surface area contributed by atoms with Gasteiger partial charge in [0.25, 0.3) is 0 Å². The van der Waals surface area contributed by atoms with Gasteiger partial charge in [0, 0.05) is 17.1 Å². The molecule has 4 nitrogen and oxygen atoms in total. The Bertz CT molecular complexity index is 574. The third-order valence-corrected chi connectivity index (χ3v) is 4.19. The number of fused-ring (bicyclic) bond motifs is 1. The molecule has 0 aliphatic carbocycles.